The highest BCUT2D eigenvalue weighted by Gasteiger charge is 2.47. The van der Waals surface area contributed by atoms with Gasteiger partial charge in [-0.2, -0.15) is 13.5 Å². The minimum Gasteiger partial charge on any atom is -0.370 e. The molecule has 0 aliphatic carbocycles. The van der Waals surface area contributed by atoms with Crippen LogP contribution in [0.25, 0.3) is 0 Å². The summed E-state index contributed by atoms with van der Waals surface area (Å²) < 4.78 is 34.9. The molecule has 3 rings (SSSR count). The van der Waals surface area contributed by atoms with Crippen molar-refractivity contribution in [2.45, 2.75) is 19.1 Å². The third-order valence-corrected chi connectivity index (χ3v) is 4.65. The first-order chi connectivity index (χ1) is 10.2. The van der Waals surface area contributed by atoms with Gasteiger partial charge in [0.1, 0.15) is 11.0 Å². The normalized spacial score (nSPS) is 20.2. The number of fused-ring (bicyclic) bond motifs is 4. The molecule has 0 radical (unpaired) electrons. The van der Waals surface area contributed by atoms with Crippen LogP contribution in [-0.4, -0.2) is 46.5 Å². The number of carbonyl (C=O) groups excluding carboxylic acids is 1. The van der Waals surface area contributed by atoms with Gasteiger partial charge in [-0.1, -0.05) is 0 Å². The number of hydrogen-bond acceptors (Lipinski definition) is 7. The Kier molecular flexibility index (Phi) is 3.43. The fourth-order valence-corrected chi connectivity index (χ4v) is 3.78. The molecular formula is C9H12N6O5S2. The number of rotatable bonds is 4. The van der Waals surface area contributed by atoms with Crippen molar-refractivity contribution in [1.82, 2.24) is 14.9 Å². The molecule has 2 amide bonds. The van der Waals surface area contributed by atoms with Gasteiger partial charge in [0.25, 0.3) is 0 Å². The molecule has 5 N–H and O–H groups in total. The molecule has 2 aliphatic rings. The van der Waals surface area contributed by atoms with Gasteiger partial charge in [0.2, 0.25) is 0 Å². The van der Waals surface area contributed by atoms with E-state index in [1.54, 1.807) is 0 Å². The molecule has 13 heteroatoms. The van der Waals surface area contributed by atoms with E-state index in [2.05, 4.69) is 14.3 Å². The van der Waals surface area contributed by atoms with Crippen molar-refractivity contribution < 1.29 is 22.0 Å². The molecule has 22 heavy (non-hydrogen) atoms. The number of urea groups is 1. The quantitative estimate of drug-likeness (QED) is 0.352. The fraction of sp³-hybridized carbons (Fsp3) is 0.444. The number of hydroxylamine groups is 2. The maximum Gasteiger partial charge on any atom is 0.418 e. The zero-order chi connectivity index (χ0) is 16.1. The number of guanidine groups is 1. The van der Waals surface area contributed by atoms with Crippen LogP contribution in [0.4, 0.5) is 4.79 Å². The van der Waals surface area contributed by atoms with E-state index in [0.717, 1.165) is 0 Å². The topological polar surface area (TPSA) is 164 Å². The Bertz CT molecular complexity index is 755. The van der Waals surface area contributed by atoms with E-state index in [-0.39, 0.29) is 25.6 Å². The van der Waals surface area contributed by atoms with Crippen LogP contribution in [0, 0.1) is 0 Å². The monoisotopic (exact) mass is 348 g/mol. The van der Waals surface area contributed by atoms with Gasteiger partial charge in [0.05, 0.1) is 30.2 Å². The lowest BCUT2D eigenvalue weighted by atomic mass is 10.1. The highest BCUT2D eigenvalue weighted by atomic mass is 32.3. The van der Waals surface area contributed by atoms with Crippen molar-refractivity contribution in [3.63, 3.8) is 0 Å². The molecule has 3 heterocycles. The van der Waals surface area contributed by atoms with Gasteiger partial charge in [0.15, 0.2) is 5.96 Å². The highest BCUT2D eigenvalue weighted by Crippen LogP contribution is 2.41. The van der Waals surface area contributed by atoms with Gasteiger partial charge in [-0.05, 0) is 0 Å². The summed E-state index contributed by atoms with van der Waals surface area (Å²) in [5, 5.41) is 1.27. The van der Waals surface area contributed by atoms with Gasteiger partial charge < -0.3 is 16.4 Å². The van der Waals surface area contributed by atoms with Crippen molar-refractivity contribution >= 4 is 33.7 Å². The average molecular weight is 348 g/mol. The van der Waals surface area contributed by atoms with Gasteiger partial charge in [-0.15, -0.1) is 15.6 Å². The van der Waals surface area contributed by atoms with Gasteiger partial charge in [-0.3, -0.25) is 4.55 Å². The third-order valence-electron chi connectivity index (χ3n) is 3.12. The number of nitrogens with two attached hydrogens (primary N) is 2. The number of aromatic nitrogens is 1. The second-order valence-corrected chi connectivity index (χ2v) is 6.79. The van der Waals surface area contributed by atoms with Crippen LogP contribution in [-0.2, 0) is 27.8 Å². The van der Waals surface area contributed by atoms with E-state index in [4.69, 9.17) is 16.0 Å². The van der Waals surface area contributed by atoms with E-state index in [0.29, 0.717) is 20.6 Å². The summed E-state index contributed by atoms with van der Waals surface area (Å²) in [5.41, 5.74) is 11.2. The minimum absolute atomic E-state index is 0.0649. The SMILES string of the molecule is NC(N)=NCc1nc2c(s1)C1CN(C2)C(=O)N1OS(=O)(=O)O. The van der Waals surface area contributed by atoms with E-state index in [1.807, 2.05) is 0 Å². The molecule has 1 atom stereocenters. The van der Waals surface area contributed by atoms with Crippen LogP contribution in [0.5, 0.6) is 0 Å². The highest BCUT2D eigenvalue weighted by molar-refractivity contribution is 7.80. The van der Waals surface area contributed by atoms with Crippen LogP contribution < -0.4 is 11.5 Å². The predicted octanol–water partition coefficient (Wildman–Crippen LogP) is -1.06. The molecule has 1 aromatic rings. The number of carbonyl (C=O) groups is 1. The summed E-state index contributed by atoms with van der Waals surface area (Å²) in [4.78, 5) is 22.3. The molecule has 2 bridgehead atoms. The number of nitrogens with zero attached hydrogens (tertiary/aromatic N) is 4. The van der Waals surface area contributed by atoms with Crippen molar-refractivity contribution in [3.05, 3.63) is 15.6 Å². The Balaban J connectivity index is 1.90. The maximum atomic E-state index is 12.0. The van der Waals surface area contributed by atoms with Crippen LogP contribution in [0.3, 0.4) is 0 Å². The molecule has 1 unspecified atom stereocenters. The Morgan fingerprint density at radius 2 is 2.27 bits per heavy atom. The minimum atomic E-state index is -4.79. The maximum absolute atomic E-state index is 12.0. The second kappa shape index (κ2) is 5.05. The van der Waals surface area contributed by atoms with Crippen molar-refractivity contribution in [3.8, 4) is 0 Å². The first-order valence-corrected chi connectivity index (χ1v) is 8.22. The number of thiazole rings is 1. The van der Waals surface area contributed by atoms with Crippen molar-refractivity contribution in [1.29, 1.82) is 0 Å². The van der Waals surface area contributed by atoms with E-state index < -0.39 is 22.5 Å². The fourth-order valence-electron chi connectivity index (χ4n) is 2.34. The largest absolute Gasteiger partial charge is 0.418 e. The van der Waals surface area contributed by atoms with Gasteiger partial charge >= 0.3 is 16.4 Å². The smallest absolute Gasteiger partial charge is 0.370 e. The van der Waals surface area contributed by atoms with E-state index in [1.165, 1.54) is 16.2 Å². The van der Waals surface area contributed by atoms with E-state index in [9.17, 15) is 13.2 Å². The summed E-state index contributed by atoms with van der Waals surface area (Å²) in [6, 6.07) is -1.29. The first-order valence-electron chi connectivity index (χ1n) is 6.03. The lowest BCUT2D eigenvalue weighted by Gasteiger charge is -2.20. The van der Waals surface area contributed by atoms with Crippen LogP contribution in [0.15, 0.2) is 4.99 Å². The summed E-state index contributed by atoms with van der Waals surface area (Å²) in [6.07, 6.45) is 0. The standard InChI is InChI=1S/C9H12N6O5S2/c10-8(11)12-1-6-13-4-2-14-3-5(7(4)21-6)15(9(14)16)20-22(17,18)19/h5H,1-3H2,(H4,10,11,12)(H,17,18,19). The predicted molar refractivity (Wildman–Crippen MR) is 74.6 cm³/mol. The molecule has 1 saturated heterocycles. The molecule has 11 nitrogen and oxygen atoms in total. The number of aliphatic imine (C=N–C) groups is 1. The lowest BCUT2D eigenvalue weighted by molar-refractivity contribution is -0.0307. The summed E-state index contributed by atoms with van der Waals surface area (Å²) >= 11 is 1.26. The number of amides is 2. The lowest BCUT2D eigenvalue weighted by Crippen LogP contribution is -2.32. The molecule has 0 saturated carbocycles. The average Bonchev–Trinajstić information content (AvgIpc) is 2.91. The van der Waals surface area contributed by atoms with Crippen LogP contribution in [0.2, 0.25) is 0 Å². The van der Waals surface area contributed by atoms with Crippen LogP contribution >= 0.6 is 11.3 Å². The Labute approximate surface area is 129 Å². The van der Waals surface area contributed by atoms with Crippen molar-refractivity contribution in [2.24, 2.45) is 16.5 Å². The second-order valence-electron chi connectivity index (χ2n) is 4.67. The molecular weight excluding hydrogens is 336 g/mol. The van der Waals surface area contributed by atoms with Crippen LogP contribution in [0.1, 0.15) is 21.6 Å². The Hall–Kier alpha value is -1.96. The van der Waals surface area contributed by atoms with Gasteiger partial charge in [0, 0.05) is 0 Å². The third kappa shape index (κ3) is 2.70. The summed E-state index contributed by atoms with van der Waals surface area (Å²) in [7, 11) is -4.79. The Morgan fingerprint density at radius 1 is 1.55 bits per heavy atom. The molecule has 1 aromatic heterocycles. The zero-order valence-electron chi connectivity index (χ0n) is 11.0. The first kappa shape index (κ1) is 15.0. The molecule has 0 spiro atoms. The molecule has 120 valence electrons. The zero-order valence-corrected chi connectivity index (χ0v) is 12.7. The van der Waals surface area contributed by atoms with Crippen molar-refractivity contribution in [2.75, 3.05) is 6.54 Å². The van der Waals surface area contributed by atoms with E-state index >= 15 is 0 Å². The molecule has 1 fully saturated rings. The summed E-state index contributed by atoms with van der Waals surface area (Å²) in [5.74, 6) is -0.0649. The van der Waals surface area contributed by atoms with Gasteiger partial charge in [-0.25, -0.2) is 14.8 Å². The molecule has 2 aliphatic heterocycles. The molecule has 0 aromatic carbocycles. The summed E-state index contributed by atoms with van der Waals surface area (Å²) in [6.45, 7) is 0.680. The number of hydrogen-bond donors (Lipinski definition) is 3. The Morgan fingerprint density at radius 3 is 2.91 bits per heavy atom.